The number of nitrogens with zero attached hydrogens (tertiary/aromatic N) is 1. The molecule has 1 aliphatic heterocycles. The second-order valence-corrected chi connectivity index (χ2v) is 5.15. The van der Waals surface area contributed by atoms with E-state index in [9.17, 15) is 8.78 Å². The van der Waals surface area contributed by atoms with E-state index >= 15 is 0 Å². The van der Waals surface area contributed by atoms with Crippen molar-refractivity contribution >= 4 is 0 Å². The van der Waals surface area contributed by atoms with Crippen LogP contribution in [0.4, 0.5) is 8.78 Å². The minimum atomic E-state index is -0.874. The number of pyridine rings is 1. The number of rotatable bonds is 4. The Bertz CT molecular complexity index is 580. The molecule has 1 fully saturated rings. The number of nitrogens with one attached hydrogen (secondary N) is 1. The molecule has 1 N–H and O–H groups in total. The Morgan fingerprint density at radius 3 is 2.67 bits per heavy atom. The van der Waals surface area contributed by atoms with Crippen LogP contribution in [-0.4, -0.2) is 18.1 Å². The highest BCUT2D eigenvalue weighted by Gasteiger charge is 2.28. The van der Waals surface area contributed by atoms with Crippen LogP contribution in [0.15, 0.2) is 42.5 Å². The molecule has 2 heterocycles. The number of halogens is 2. The summed E-state index contributed by atoms with van der Waals surface area (Å²) in [6, 6.07) is 11.5. The van der Waals surface area contributed by atoms with Crippen molar-refractivity contribution in [2.24, 2.45) is 5.92 Å². The van der Waals surface area contributed by atoms with Crippen molar-refractivity contribution in [1.82, 2.24) is 10.3 Å². The normalized spacial score (nSPS) is 19.4. The summed E-state index contributed by atoms with van der Waals surface area (Å²) in [6.07, 6.45) is 0.687. The summed E-state index contributed by atoms with van der Waals surface area (Å²) in [6.45, 7) is 1.74. The van der Waals surface area contributed by atoms with Gasteiger partial charge in [-0.1, -0.05) is 30.3 Å². The molecule has 1 aromatic carbocycles. The zero-order chi connectivity index (χ0) is 14.7. The molecule has 0 amide bonds. The quantitative estimate of drug-likeness (QED) is 0.879. The van der Waals surface area contributed by atoms with Gasteiger partial charge in [-0.15, -0.1) is 0 Å². The minimum Gasteiger partial charge on any atom is -0.469 e. The monoisotopic (exact) mass is 290 g/mol. The number of hydrogen-bond acceptors (Lipinski definition) is 3. The topological polar surface area (TPSA) is 34.1 Å². The van der Waals surface area contributed by atoms with Gasteiger partial charge in [0.15, 0.2) is 0 Å². The lowest BCUT2D eigenvalue weighted by Gasteiger charge is -2.24. The second kappa shape index (κ2) is 6.18. The predicted molar refractivity (Wildman–Crippen MR) is 74.9 cm³/mol. The zero-order valence-electron chi connectivity index (χ0n) is 11.4. The highest BCUT2D eigenvalue weighted by atomic mass is 19.1. The van der Waals surface area contributed by atoms with Gasteiger partial charge in [-0.2, -0.15) is 9.37 Å². The molecule has 3 rings (SSSR count). The minimum absolute atomic E-state index is 0.0201. The van der Waals surface area contributed by atoms with Crippen molar-refractivity contribution in [2.75, 3.05) is 13.1 Å². The Labute approximate surface area is 122 Å². The molecular weight excluding hydrogens is 274 g/mol. The van der Waals surface area contributed by atoms with Crippen LogP contribution in [0, 0.1) is 17.7 Å². The molecule has 2 aromatic rings. The third kappa shape index (κ3) is 3.36. The van der Waals surface area contributed by atoms with E-state index in [2.05, 4.69) is 10.3 Å². The number of benzene rings is 1. The first-order chi connectivity index (χ1) is 10.2. The Hall–Kier alpha value is -2.01. The molecule has 110 valence electrons. The summed E-state index contributed by atoms with van der Waals surface area (Å²) in [5, 5.41) is 3.28. The van der Waals surface area contributed by atoms with Crippen LogP contribution in [0.3, 0.4) is 0 Å². The van der Waals surface area contributed by atoms with E-state index in [1.54, 1.807) is 0 Å². The molecule has 1 unspecified atom stereocenters. The standard InChI is InChI=1S/C16H16F2N2O/c17-13-8-14(18)20-15(9-13)21-16(12-6-7-19-10-12)11-4-2-1-3-5-11/h1-5,8-9,12,16,19H,6-7,10H2/t12-,16?/m0/s1. The van der Waals surface area contributed by atoms with Crippen molar-refractivity contribution in [3.63, 3.8) is 0 Å². The van der Waals surface area contributed by atoms with E-state index in [-0.39, 0.29) is 17.9 Å². The molecule has 0 aliphatic carbocycles. The fourth-order valence-corrected chi connectivity index (χ4v) is 2.65. The maximum Gasteiger partial charge on any atom is 0.219 e. The van der Waals surface area contributed by atoms with Crippen LogP contribution in [0.1, 0.15) is 18.1 Å². The van der Waals surface area contributed by atoms with Gasteiger partial charge >= 0.3 is 0 Å². The average Bonchev–Trinajstić information content (AvgIpc) is 2.98. The second-order valence-electron chi connectivity index (χ2n) is 5.15. The Morgan fingerprint density at radius 1 is 1.19 bits per heavy atom. The third-order valence-electron chi connectivity index (χ3n) is 3.64. The van der Waals surface area contributed by atoms with Crippen LogP contribution in [0.25, 0.3) is 0 Å². The first-order valence-corrected chi connectivity index (χ1v) is 6.98. The first kappa shape index (κ1) is 13.9. The van der Waals surface area contributed by atoms with Gasteiger partial charge in [0.1, 0.15) is 11.9 Å². The van der Waals surface area contributed by atoms with Crippen molar-refractivity contribution in [3.05, 3.63) is 59.8 Å². The fourth-order valence-electron chi connectivity index (χ4n) is 2.65. The summed E-state index contributed by atoms with van der Waals surface area (Å²) >= 11 is 0. The summed E-state index contributed by atoms with van der Waals surface area (Å²) in [4.78, 5) is 3.62. The van der Waals surface area contributed by atoms with E-state index in [1.807, 2.05) is 30.3 Å². The Kier molecular flexibility index (Phi) is 4.10. The molecule has 0 saturated carbocycles. The van der Waals surface area contributed by atoms with Crippen LogP contribution in [0.5, 0.6) is 5.88 Å². The highest BCUT2D eigenvalue weighted by Crippen LogP contribution is 2.31. The number of aromatic nitrogens is 1. The lowest BCUT2D eigenvalue weighted by molar-refractivity contribution is 0.136. The van der Waals surface area contributed by atoms with E-state index < -0.39 is 11.8 Å². The lowest BCUT2D eigenvalue weighted by atomic mass is 9.95. The molecule has 1 aliphatic rings. The molecule has 0 spiro atoms. The van der Waals surface area contributed by atoms with Crippen LogP contribution >= 0.6 is 0 Å². The summed E-state index contributed by atoms with van der Waals surface area (Å²) in [5.74, 6) is -1.33. The zero-order valence-corrected chi connectivity index (χ0v) is 11.4. The van der Waals surface area contributed by atoms with Gasteiger partial charge < -0.3 is 10.1 Å². The van der Waals surface area contributed by atoms with E-state index in [0.29, 0.717) is 0 Å². The van der Waals surface area contributed by atoms with Crippen molar-refractivity contribution < 1.29 is 13.5 Å². The molecule has 5 heteroatoms. The van der Waals surface area contributed by atoms with Gasteiger partial charge in [0.05, 0.1) is 0 Å². The highest BCUT2D eigenvalue weighted by molar-refractivity contribution is 5.21. The largest absolute Gasteiger partial charge is 0.469 e. The van der Waals surface area contributed by atoms with Gasteiger partial charge in [0.25, 0.3) is 0 Å². The average molecular weight is 290 g/mol. The third-order valence-corrected chi connectivity index (χ3v) is 3.64. The fraction of sp³-hybridized carbons (Fsp3) is 0.312. The molecule has 21 heavy (non-hydrogen) atoms. The lowest BCUT2D eigenvalue weighted by Crippen LogP contribution is -2.22. The van der Waals surface area contributed by atoms with Crippen molar-refractivity contribution in [3.8, 4) is 5.88 Å². The van der Waals surface area contributed by atoms with Crippen LogP contribution < -0.4 is 10.1 Å². The molecule has 3 nitrogen and oxygen atoms in total. The van der Waals surface area contributed by atoms with Gasteiger partial charge in [-0.3, -0.25) is 0 Å². The molecule has 2 atom stereocenters. The Morgan fingerprint density at radius 2 is 2.00 bits per heavy atom. The van der Waals surface area contributed by atoms with Gasteiger partial charge in [-0.05, 0) is 18.5 Å². The summed E-state index contributed by atoms with van der Waals surface area (Å²) in [5.41, 5.74) is 0.984. The van der Waals surface area contributed by atoms with Crippen molar-refractivity contribution in [2.45, 2.75) is 12.5 Å². The summed E-state index contributed by atoms with van der Waals surface area (Å²) < 4.78 is 32.3. The molecule has 0 radical (unpaired) electrons. The molecular formula is C16H16F2N2O. The van der Waals surface area contributed by atoms with E-state index in [0.717, 1.165) is 37.2 Å². The maximum atomic E-state index is 13.3. The summed E-state index contributed by atoms with van der Waals surface area (Å²) in [7, 11) is 0. The van der Waals surface area contributed by atoms with Gasteiger partial charge in [-0.25, -0.2) is 4.39 Å². The van der Waals surface area contributed by atoms with Gasteiger partial charge in [0, 0.05) is 24.6 Å². The molecule has 0 bridgehead atoms. The first-order valence-electron chi connectivity index (χ1n) is 6.98. The van der Waals surface area contributed by atoms with E-state index in [1.165, 1.54) is 0 Å². The van der Waals surface area contributed by atoms with Crippen LogP contribution in [-0.2, 0) is 0 Å². The number of hydrogen-bond donors (Lipinski definition) is 1. The smallest absolute Gasteiger partial charge is 0.219 e. The van der Waals surface area contributed by atoms with Crippen LogP contribution in [0.2, 0.25) is 0 Å². The Balaban J connectivity index is 1.88. The van der Waals surface area contributed by atoms with Gasteiger partial charge in [0.2, 0.25) is 11.8 Å². The van der Waals surface area contributed by atoms with Crippen molar-refractivity contribution in [1.29, 1.82) is 0 Å². The molecule has 1 saturated heterocycles. The number of ether oxygens (including phenoxy) is 1. The maximum absolute atomic E-state index is 13.3. The molecule has 1 aromatic heterocycles. The van der Waals surface area contributed by atoms with E-state index in [4.69, 9.17) is 4.74 Å². The predicted octanol–water partition coefficient (Wildman–Crippen LogP) is 3.09. The SMILES string of the molecule is Fc1cc(F)nc(OC(c2ccccc2)[C@H]2CCNC2)c1.